The zero-order chi connectivity index (χ0) is 16.8. The van der Waals surface area contributed by atoms with Gasteiger partial charge in [-0.25, -0.2) is 4.79 Å². The van der Waals surface area contributed by atoms with Crippen LogP contribution in [-0.2, 0) is 13.5 Å². The van der Waals surface area contributed by atoms with Crippen molar-refractivity contribution in [3.63, 3.8) is 0 Å². The number of nitrogens with zero attached hydrogens (tertiary/aromatic N) is 3. The number of aromatic nitrogens is 2. The first-order chi connectivity index (χ1) is 11.7. The topological polar surface area (TPSA) is 75.3 Å². The Labute approximate surface area is 142 Å². The molecule has 1 atom stereocenters. The summed E-state index contributed by atoms with van der Waals surface area (Å²) < 4.78 is 7.32. The molecule has 1 saturated heterocycles. The molecule has 3 heterocycles. The summed E-state index contributed by atoms with van der Waals surface area (Å²) in [5, 5.41) is 9.98. The molecule has 0 radical (unpaired) electrons. The van der Waals surface area contributed by atoms with E-state index in [9.17, 15) is 4.79 Å². The van der Waals surface area contributed by atoms with Crippen molar-refractivity contribution in [1.29, 1.82) is 0 Å². The second-order valence-electron chi connectivity index (χ2n) is 6.18. The zero-order valence-corrected chi connectivity index (χ0v) is 14.1. The van der Waals surface area contributed by atoms with Crippen molar-refractivity contribution < 1.29 is 9.21 Å². The maximum absolute atomic E-state index is 12.0. The Morgan fingerprint density at radius 1 is 1.38 bits per heavy atom. The van der Waals surface area contributed by atoms with Crippen molar-refractivity contribution in [1.82, 2.24) is 25.3 Å². The molecule has 0 spiro atoms. The molecule has 0 aromatic carbocycles. The van der Waals surface area contributed by atoms with Crippen LogP contribution < -0.4 is 10.6 Å². The van der Waals surface area contributed by atoms with Crippen LogP contribution in [0.1, 0.15) is 30.2 Å². The predicted molar refractivity (Wildman–Crippen MR) is 90.6 cm³/mol. The van der Waals surface area contributed by atoms with Crippen LogP contribution in [0.5, 0.6) is 0 Å². The molecule has 3 rings (SSSR count). The van der Waals surface area contributed by atoms with Gasteiger partial charge >= 0.3 is 6.03 Å². The smallest absolute Gasteiger partial charge is 0.314 e. The van der Waals surface area contributed by atoms with E-state index in [0.29, 0.717) is 13.1 Å². The average Bonchev–Trinajstić information content (AvgIpc) is 3.30. The van der Waals surface area contributed by atoms with Gasteiger partial charge in [0.1, 0.15) is 5.76 Å². The Morgan fingerprint density at radius 3 is 2.88 bits per heavy atom. The van der Waals surface area contributed by atoms with E-state index in [2.05, 4.69) is 20.6 Å². The summed E-state index contributed by atoms with van der Waals surface area (Å²) in [6.07, 6.45) is 8.64. The number of rotatable bonds is 7. The Kier molecular flexibility index (Phi) is 5.53. The van der Waals surface area contributed by atoms with Gasteiger partial charge in [0.25, 0.3) is 0 Å². The molecular weight excluding hydrogens is 306 g/mol. The number of hydrogen-bond donors (Lipinski definition) is 2. The minimum Gasteiger partial charge on any atom is -0.468 e. The lowest BCUT2D eigenvalue weighted by Crippen LogP contribution is -2.42. The standard InChI is InChI=1S/C17H25N5O2/c1-21-13-14(11-20-21)6-7-18-17(23)19-12-15(16-5-4-10-24-16)22-8-2-3-9-22/h4-5,10-11,13,15H,2-3,6-9,12H2,1H3,(H2,18,19,23)/t15-/m1/s1. The van der Waals surface area contributed by atoms with Crippen LogP contribution in [0.25, 0.3) is 0 Å². The van der Waals surface area contributed by atoms with Crippen molar-refractivity contribution in [2.24, 2.45) is 7.05 Å². The van der Waals surface area contributed by atoms with E-state index in [-0.39, 0.29) is 12.1 Å². The van der Waals surface area contributed by atoms with Gasteiger partial charge in [0.15, 0.2) is 0 Å². The van der Waals surface area contributed by atoms with E-state index >= 15 is 0 Å². The van der Waals surface area contributed by atoms with Gasteiger partial charge < -0.3 is 15.1 Å². The van der Waals surface area contributed by atoms with Crippen molar-refractivity contribution in [3.8, 4) is 0 Å². The van der Waals surface area contributed by atoms with Crippen molar-refractivity contribution in [2.45, 2.75) is 25.3 Å². The van der Waals surface area contributed by atoms with Gasteiger partial charge in [-0.1, -0.05) is 0 Å². The molecule has 130 valence electrons. The van der Waals surface area contributed by atoms with E-state index in [4.69, 9.17) is 4.42 Å². The molecule has 7 nitrogen and oxygen atoms in total. The van der Waals surface area contributed by atoms with Gasteiger partial charge in [0.2, 0.25) is 0 Å². The third kappa shape index (κ3) is 4.38. The van der Waals surface area contributed by atoms with Gasteiger partial charge in [-0.05, 0) is 50.0 Å². The van der Waals surface area contributed by atoms with Crippen molar-refractivity contribution >= 4 is 6.03 Å². The lowest BCUT2D eigenvalue weighted by Gasteiger charge is -2.26. The number of urea groups is 1. The summed E-state index contributed by atoms with van der Waals surface area (Å²) >= 11 is 0. The number of furan rings is 1. The number of nitrogens with one attached hydrogen (secondary N) is 2. The number of likely N-dealkylation sites (tertiary alicyclic amines) is 1. The minimum absolute atomic E-state index is 0.103. The molecule has 0 aliphatic carbocycles. The SMILES string of the molecule is Cn1cc(CCNC(=O)NC[C@H](c2ccco2)N2CCCC2)cn1. The predicted octanol–water partition coefficient (Wildman–Crippen LogP) is 1.69. The second kappa shape index (κ2) is 8.01. The average molecular weight is 331 g/mol. The molecule has 1 fully saturated rings. The van der Waals surface area contributed by atoms with E-state index in [1.54, 1.807) is 10.9 Å². The summed E-state index contributed by atoms with van der Waals surface area (Å²) in [6, 6.07) is 3.83. The highest BCUT2D eigenvalue weighted by molar-refractivity contribution is 5.73. The lowest BCUT2D eigenvalue weighted by atomic mass is 10.2. The highest BCUT2D eigenvalue weighted by Crippen LogP contribution is 2.24. The fourth-order valence-electron chi connectivity index (χ4n) is 3.12. The zero-order valence-electron chi connectivity index (χ0n) is 14.1. The third-order valence-corrected chi connectivity index (χ3v) is 4.37. The van der Waals surface area contributed by atoms with Gasteiger partial charge in [0, 0.05) is 26.3 Å². The van der Waals surface area contributed by atoms with Crippen molar-refractivity contribution in [2.75, 3.05) is 26.2 Å². The first kappa shape index (κ1) is 16.6. The fraction of sp³-hybridized carbons (Fsp3) is 0.529. The highest BCUT2D eigenvalue weighted by atomic mass is 16.3. The van der Waals surface area contributed by atoms with Gasteiger partial charge in [-0.15, -0.1) is 0 Å². The monoisotopic (exact) mass is 331 g/mol. The molecule has 0 saturated carbocycles. The molecule has 1 aliphatic heterocycles. The second-order valence-corrected chi connectivity index (χ2v) is 6.18. The van der Waals surface area contributed by atoms with Crippen LogP contribution >= 0.6 is 0 Å². The lowest BCUT2D eigenvalue weighted by molar-refractivity contribution is 0.203. The first-order valence-electron chi connectivity index (χ1n) is 8.49. The van der Waals surface area contributed by atoms with Crippen LogP contribution in [-0.4, -0.2) is 46.9 Å². The minimum atomic E-state index is -0.144. The quantitative estimate of drug-likeness (QED) is 0.810. The number of carbonyl (C=O) groups excluding carboxylic acids is 1. The largest absolute Gasteiger partial charge is 0.468 e. The molecular formula is C17H25N5O2. The third-order valence-electron chi connectivity index (χ3n) is 4.37. The summed E-state index contributed by atoms with van der Waals surface area (Å²) in [5.74, 6) is 0.910. The molecule has 1 aliphatic rings. The van der Waals surface area contributed by atoms with Crippen LogP contribution in [0.4, 0.5) is 4.79 Å². The highest BCUT2D eigenvalue weighted by Gasteiger charge is 2.25. The Balaban J connectivity index is 1.44. The molecule has 24 heavy (non-hydrogen) atoms. The maximum Gasteiger partial charge on any atom is 0.314 e. The number of hydrogen-bond acceptors (Lipinski definition) is 4. The normalized spacial score (nSPS) is 16.2. The fourth-order valence-corrected chi connectivity index (χ4v) is 3.12. The van der Waals surface area contributed by atoms with Crippen LogP contribution in [0.2, 0.25) is 0 Å². The van der Waals surface area contributed by atoms with E-state index in [0.717, 1.165) is 30.8 Å². The number of carbonyl (C=O) groups is 1. The summed E-state index contributed by atoms with van der Waals surface area (Å²) in [4.78, 5) is 14.4. The first-order valence-corrected chi connectivity index (χ1v) is 8.49. The Morgan fingerprint density at radius 2 is 2.21 bits per heavy atom. The Hall–Kier alpha value is -2.28. The summed E-state index contributed by atoms with van der Waals surface area (Å²) in [7, 11) is 1.89. The van der Waals surface area contributed by atoms with Crippen LogP contribution in [0, 0.1) is 0 Å². The summed E-state index contributed by atoms with van der Waals surface area (Å²) in [6.45, 7) is 3.24. The molecule has 2 aromatic rings. The van der Waals surface area contributed by atoms with Gasteiger partial charge in [-0.2, -0.15) is 5.10 Å². The van der Waals surface area contributed by atoms with Crippen molar-refractivity contribution in [3.05, 3.63) is 42.1 Å². The number of amides is 2. The number of aryl methyl sites for hydroxylation is 1. The Bertz CT molecular complexity index is 631. The molecule has 0 bridgehead atoms. The summed E-state index contributed by atoms with van der Waals surface area (Å²) in [5.41, 5.74) is 1.11. The van der Waals surface area contributed by atoms with Crippen LogP contribution in [0.15, 0.2) is 35.2 Å². The van der Waals surface area contributed by atoms with E-state index in [1.807, 2.05) is 31.6 Å². The van der Waals surface area contributed by atoms with Gasteiger partial charge in [-0.3, -0.25) is 9.58 Å². The maximum atomic E-state index is 12.0. The molecule has 7 heteroatoms. The molecule has 2 aromatic heterocycles. The molecule has 0 unspecified atom stereocenters. The van der Waals surface area contributed by atoms with Crippen LogP contribution in [0.3, 0.4) is 0 Å². The van der Waals surface area contributed by atoms with Gasteiger partial charge in [0.05, 0.1) is 18.5 Å². The molecule has 2 amide bonds. The van der Waals surface area contributed by atoms with E-state index < -0.39 is 0 Å². The van der Waals surface area contributed by atoms with E-state index in [1.165, 1.54) is 12.8 Å². The molecule has 2 N–H and O–H groups in total.